The van der Waals surface area contributed by atoms with Gasteiger partial charge in [0.15, 0.2) is 0 Å². The number of nitrogens with zero attached hydrogens (tertiary/aromatic N) is 2. The van der Waals surface area contributed by atoms with E-state index < -0.39 is 0 Å². The number of hydrogen-bond donors (Lipinski definition) is 1. The van der Waals surface area contributed by atoms with Gasteiger partial charge in [-0.25, -0.2) is 4.98 Å². The van der Waals surface area contributed by atoms with Gasteiger partial charge in [-0.1, -0.05) is 6.92 Å². The van der Waals surface area contributed by atoms with Gasteiger partial charge in [-0.15, -0.1) is 0 Å². The second-order valence-corrected chi connectivity index (χ2v) is 4.31. The Balaban J connectivity index is 2.09. The van der Waals surface area contributed by atoms with Crippen molar-refractivity contribution < 1.29 is 9.47 Å². The number of aryl methyl sites for hydroxylation is 1. The lowest BCUT2D eigenvalue weighted by Crippen LogP contribution is -2.42. The van der Waals surface area contributed by atoms with Crippen LogP contribution in [0, 0.1) is 0 Å². The maximum absolute atomic E-state index is 5.78. The lowest BCUT2D eigenvalue weighted by molar-refractivity contribution is -0.103. The monoisotopic (exact) mass is 239 g/mol. The first-order valence-corrected chi connectivity index (χ1v) is 6.23. The van der Waals surface area contributed by atoms with E-state index in [2.05, 4.69) is 17.2 Å². The summed E-state index contributed by atoms with van der Waals surface area (Å²) in [5.41, 5.74) is 0. The van der Waals surface area contributed by atoms with Crippen LogP contribution in [0.5, 0.6) is 0 Å². The molecule has 5 heteroatoms. The van der Waals surface area contributed by atoms with Gasteiger partial charge in [0.2, 0.25) is 0 Å². The summed E-state index contributed by atoms with van der Waals surface area (Å²) in [4.78, 5) is 4.41. The van der Waals surface area contributed by atoms with E-state index in [0.29, 0.717) is 19.8 Å². The van der Waals surface area contributed by atoms with Crippen LogP contribution < -0.4 is 5.32 Å². The Hall–Kier alpha value is -0.910. The van der Waals surface area contributed by atoms with Crippen molar-refractivity contribution in [3.63, 3.8) is 0 Å². The summed E-state index contributed by atoms with van der Waals surface area (Å²) in [6, 6.07) is 0.107. The molecule has 1 aliphatic heterocycles. The standard InChI is InChI=1S/C12H21N3O2/c1-3-4-13-11(10-9-16-7-8-17-10)12-14-5-6-15(12)2/h5-6,10-11,13H,3-4,7-9H2,1-2H3. The fraction of sp³-hybridized carbons (Fsp3) is 0.750. The highest BCUT2D eigenvalue weighted by molar-refractivity contribution is 5.02. The summed E-state index contributed by atoms with van der Waals surface area (Å²) >= 11 is 0. The molecular weight excluding hydrogens is 218 g/mol. The lowest BCUT2D eigenvalue weighted by Gasteiger charge is -2.30. The summed E-state index contributed by atoms with van der Waals surface area (Å²) in [7, 11) is 2.01. The number of imidazole rings is 1. The van der Waals surface area contributed by atoms with Gasteiger partial charge < -0.3 is 19.4 Å². The average molecular weight is 239 g/mol. The predicted octanol–water partition coefficient (Wildman–Crippen LogP) is 0.876. The SMILES string of the molecule is CCCNC(c1nccn1C)C1COCCO1. The van der Waals surface area contributed by atoms with Crippen molar-refractivity contribution in [2.45, 2.75) is 25.5 Å². The molecule has 1 aromatic heterocycles. The van der Waals surface area contributed by atoms with Gasteiger partial charge in [0.1, 0.15) is 11.9 Å². The van der Waals surface area contributed by atoms with Crippen LogP contribution in [-0.4, -0.2) is 42.0 Å². The van der Waals surface area contributed by atoms with Crippen molar-refractivity contribution >= 4 is 0 Å². The van der Waals surface area contributed by atoms with Crippen LogP contribution >= 0.6 is 0 Å². The summed E-state index contributed by atoms with van der Waals surface area (Å²) in [5, 5.41) is 3.49. The maximum atomic E-state index is 5.78. The third-order valence-corrected chi connectivity index (χ3v) is 2.96. The molecule has 2 atom stereocenters. The molecule has 0 spiro atoms. The first-order chi connectivity index (χ1) is 8.33. The van der Waals surface area contributed by atoms with E-state index in [9.17, 15) is 0 Å². The molecule has 2 heterocycles. The van der Waals surface area contributed by atoms with Crippen LogP contribution in [0.2, 0.25) is 0 Å². The Labute approximate surface area is 102 Å². The summed E-state index contributed by atoms with van der Waals surface area (Å²) in [5.74, 6) is 1.01. The van der Waals surface area contributed by atoms with Gasteiger partial charge in [0.25, 0.3) is 0 Å². The lowest BCUT2D eigenvalue weighted by atomic mass is 10.1. The molecule has 0 bridgehead atoms. The Bertz CT molecular complexity index is 334. The molecule has 0 saturated carbocycles. The molecular formula is C12H21N3O2. The topological polar surface area (TPSA) is 48.3 Å². The Kier molecular flexibility index (Phi) is 4.53. The Morgan fingerprint density at radius 1 is 1.59 bits per heavy atom. The van der Waals surface area contributed by atoms with Crippen LogP contribution in [-0.2, 0) is 16.5 Å². The van der Waals surface area contributed by atoms with Crippen molar-refractivity contribution in [3.8, 4) is 0 Å². The summed E-state index contributed by atoms with van der Waals surface area (Å²) in [6.45, 7) is 5.10. The predicted molar refractivity (Wildman–Crippen MR) is 64.8 cm³/mol. The van der Waals surface area contributed by atoms with E-state index >= 15 is 0 Å². The second kappa shape index (κ2) is 6.14. The van der Waals surface area contributed by atoms with Crippen LogP contribution in [0.15, 0.2) is 12.4 Å². The Morgan fingerprint density at radius 3 is 3.06 bits per heavy atom. The third-order valence-electron chi connectivity index (χ3n) is 2.96. The van der Waals surface area contributed by atoms with E-state index in [1.165, 1.54) is 0 Å². The highest BCUT2D eigenvalue weighted by Crippen LogP contribution is 2.19. The van der Waals surface area contributed by atoms with Gasteiger partial charge in [0.05, 0.1) is 25.9 Å². The molecule has 17 heavy (non-hydrogen) atoms. The molecule has 1 aliphatic rings. The minimum absolute atomic E-state index is 0.0522. The zero-order chi connectivity index (χ0) is 12.1. The van der Waals surface area contributed by atoms with Crippen molar-refractivity contribution in [2.75, 3.05) is 26.4 Å². The summed E-state index contributed by atoms with van der Waals surface area (Å²) < 4.78 is 13.3. The molecule has 1 fully saturated rings. The molecule has 0 radical (unpaired) electrons. The van der Waals surface area contributed by atoms with Crippen molar-refractivity contribution in [1.82, 2.24) is 14.9 Å². The number of nitrogens with one attached hydrogen (secondary N) is 1. The highest BCUT2D eigenvalue weighted by Gasteiger charge is 2.28. The smallest absolute Gasteiger partial charge is 0.128 e. The molecule has 0 aromatic carbocycles. The molecule has 2 rings (SSSR count). The second-order valence-electron chi connectivity index (χ2n) is 4.31. The van der Waals surface area contributed by atoms with Gasteiger partial charge in [-0.05, 0) is 13.0 Å². The maximum Gasteiger partial charge on any atom is 0.128 e. The van der Waals surface area contributed by atoms with Crippen LogP contribution in [0.4, 0.5) is 0 Å². The average Bonchev–Trinajstić information content (AvgIpc) is 2.78. The largest absolute Gasteiger partial charge is 0.376 e. The number of ether oxygens (including phenoxy) is 2. The Morgan fingerprint density at radius 2 is 2.47 bits per heavy atom. The van der Waals surface area contributed by atoms with E-state index in [-0.39, 0.29) is 12.1 Å². The van der Waals surface area contributed by atoms with Crippen molar-refractivity contribution in [3.05, 3.63) is 18.2 Å². The highest BCUT2D eigenvalue weighted by atomic mass is 16.6. The van der Waals surface area contributed by atoms with Gasteiger partial charge in [0, 0.05) is 19.4 Å². The molecule has 5 nitrogen and oxygen atoms in total. The molecule has 1 saturated heterocycles. The molecule has 2 unspecified atom stereocenters. The van der Waals surface area contributed by atoms with Gasteiger partial charge in [-0.3, -0.25) is 0 Å². The molecule has 0 amide bonds. The normalized spacial score (nSPS) is 22.6. The first-order valence-electron chi connectivity index (χ1n) is 6.23. The van der Waals surface area contributed by atoms with E-state index in [1.54, 1.807) is 0 Å². The quantitative estimate of drug-likeness (QED) is 0.828. The van der Waals surface area contributed by atoms with Gasteiger partial charge in [-0.2, -0.15) is 0 Å². The van der Waals surface area contributed by atoms with Crippen molar-refractivity contribution in [1.29, 1.82) is 0 Å². The van der Waals surface area contributed by atoms with E-state index in [4.69, 9.17) is 9.47 Å². The zero-order valence-electron chi connectivity index (χ0n) is 10.6. The molecule has 1 aromatic rings. The summed E-state index contributed by atoms with van der Waals surface area (Å²) in [6.07, 6.45) is 4.92. The van der Waals surface area contributed by atoms with Gasteiger partial charge >= 0.3 is 0 Å². The fourth-order valence-electron chi connectivity index (χ4n) is 2.06. The number of rotatable bonds is 5. The number of hydrogen-bond acceptors (Lipinski definition) is 4. The minimum Gasteiger partial charge on any atom is -0.376 e. The van der Waals surface area contributed by atoms with Crippen LogP contribution in [0.3, 0.4) is 0 Å². The zero-order valence-corrected chi connectivity index (χ0v) is 10.6. The third kappa shape index (κ3) is 3.06. The molecule has 96 valence electrons. The van der Waals surface area contributed by atoms with E-state index in [1.807, 2.05) is 24.0 Å². The van der Waals surface area contributed by atoms with E-state index in [0.717, 1.165) is 18.8 Å². The van der Waals surface area contributed by atoms with Crippen LogP contribution in [0.25, 0.3) is 0 Å². The van der Waals surface area contributed by atoms with Crippen molar-refractivity contribution in [2.24, 2.45) is 7.05 Å². The fourth-order valence-corrected chi connectivity index (χ4v) is 2.06. The molecule has 1 N–H and O–H groups in total. The van der Waals surface area contributed by atoms with Crippen LogP contribution in [0.1, 0.15) is 25.2 Å². The minimum atomic E-state index is 0.0522. The number of aromatic nitrogens is 2. The molecule has 0 aliphatic carbocycles. The first kappa shape index (κ1) is 12.5.